The molecular weight excluding hydrogens is 368 g/mol. The van der Waals surface area contributed by atoms with Crippen LogP contribution in [-0.2, 0) is 9.53 Å². The van der Waals surface area contributed by atoms with E-state index in [2.05, 4.69) is 5.32 Å². The van der Waals surface area contributed by atoms with Gasteiger partial charge < -0.3 is 19.2 Å². The van der Waals surface area contributed by atoms with Crippen molar-refractivity contribution in [2.45, 2.75) is 13.0 Å². The summed E-state index contributed by atoms with van der Waals surface area (Å²) >= 11 is 0. The number of hydrogen-bond donors (Lipinski definition) is 1. The summed E-state index contributed by atoms with van der Waals surface area (Å²) in [7, 11) is 1.36. The first-order valence-corrected chi connectivity index (χ1v) is 8.22. The average Bonchev–Trinajstić information content (AvgIpc) is 3.12. The van der Waals surface area contributed by atoms with Gasteiger partial charge in [-0.1, -0.05) is 18.2 Å². The van der Waals surface area contributed by atoms with Gasteiger partial charge >= 0.3 is 5.97 Å². The summed E-state index contributed by atoms with van der Waals surface area (Å²) in [6.07, 6.45) is -1.18. The van der Waals surface area contributed by atoms with Crippen molar-refractivity contribution in [3.8, 4) is 5.75 Å². The fourth-order valence-electron chi connectivity index (χ4n) is 2.50. The molecule has 2 aromatic carbocycles. The highest BCUT2D eigenvalue weighted by Gasteiger charge is 2.23. The van der Waals surface area contributed by atoms with Crippen LogP contribution in [0.2, 0.25) is 0 Å². The number of nitro groups is 1. The third kappa shape index (κ3) is 3.93. The molecule has 144 valence electrons. The van der Waals surface area contributed by atoms with Crippen LogP contribution in [0.25, 0.3) is 11.0 Å². The van der Waals surface area contributed by atoms with E-state index in [0.29, 0.717) is 5.58 Å². The molecule has 0 unspecified atom stereocenters. The molecule has 1 heterocycles. The molecule has 0 aliphatic rings. The highest BCUT2D eigenvalue weighted by atomic mass is 16.6. The first kappa shape index (κ1) is 18.9. The summed E-state index contributed by atoms with van der Waals surface area (Å²) in [6.45, 7) is 1.37. The molecule has 28 heavy (non-hydrogen) atoms. The van der Waals surface area contributed by atoms with E-state index < -0.39 is 22.9 Å². The minimum atomic E-state index is -1.18. The van der Waals surface area contributed by atoms with Gasteiger partial charge in [0, 0.05) is 17.5 Å². The highest BCUT2D eigenvalue weighted by Crippen LogP contribution is 2.29. The van der Waals surface area contributed by atoms with Crippen molar-refractivity contribution >= 4 is 34.2 Å². The van der Waals surface area contributed by atoms with Crippen molar-refractivity contribution in [2.24, 2.45) is 0 Å². The fourth-order valence-corrected chi connectivity index (χ4v) is 2.50. The van der Waals surface area contributed by atoms with Crippen molar-refractivity contribution in [1.29, 1.82) is 0 Å². The Morgan fingerprint density at radius 2 is 1.93 bits per heavy atom. The van der Waals surface area contributed by atoms with Gasteiger partial charge in [-0.15, -0.1) is 0 Å². The number of carbonyl (C=O) groups excluding carboxylic acids is 2. The summed E-state index contributed by atoms with van der Waals surface area (Å²) in [5, 5.41) is 14.1. The van der Waals surface area contributed by atoms with Crippen LogP contribution in [0.3, 0.4) is 0 Å². The average molecular weight is 384 g/mol. The Labute approximate surface area is 159 Å². The molecule has 9 heteroatoms. The lowest BCUT2D eigenvalue weighted by Crippen LogP contribution is -2.30. The van der Waals surface area contributed by atoms with E-state index >= 15 is 0 Å². The third-order valence-electron chi connectivity index (χ3n) is 3.93. The number of methoxy groups -OCH3 is 1. The van der Waals surface area contributed by atoms with Crippen LogP contribution in [0.15, 0.2) is 52.9 Å². The molecule has 1 aromatic heterocycles. The molecule has 0 aliphatic carbocycles. The fraction of sp³-hybridized carbons (Fsp3) is 0.158. The zero-order valence-electron chi connectivity index (χ0n) is 15.0. The SMILES string of the molecule is COc1ccc([N+](=O)[O-])cc1NC(=O)[C@H](C)OC(=O)c1cc2ccccc2o1. The molecule has 0 aliphatic heterocycles. The van der Waals surface area contributed by atoms with E-state index in [1.807, 2.05) is 0 Å². The quantitative estimate of drug-likeness (QED) is 0.392. The van der Waals surface area contributed by atoms with Gasteiger partial charge in [-0.25, -0.2) is 4.79 Å². The number of hydrogen-bond acceptors (Lipinski definition) is 7. The van der Waals surface area contributed by atoms with Gasteiger partial charge in [-0.05, 0) is 25.1 Å². The van der Waals surface area contributed by atoms with E-state index in [4.69, 9.17) is 13.9 Å². The zero-order chi connectivity index (χ0) is 20.3. The summed E-state index contributed by atoms with van der Waals surface area (Å²) < 4.78 is 15.6. The number of amides is 1. The van der Waals surface area contributed by atoms with Crippen LogP contribution in [-0.4, -0.2) is 30.0 Å². The minimum Gasteiger partial charge on any atom is -0.495 e. The number of ether oxygens (including phenoxy) is 2. The van der Waals surface area contributed by atoms with E-state index in [1.165, 1.54) is 32.2 Å². The van der Waals surface area contributed by atoms with Crippen molar-refractivity contribution < 1.29 is 28.4 Å². The van der Waals surface area contributed by atoms with Crippen LogP contribution in [0, 0.1) is 10.1 Å². The number of anilines is 1. The van der Waals surface area contributed by atoms with Crippen molar-refractivity contribution in [3.63, 3.8) is 0 Å². The van der Waals surface area contributed by atoms with Crippen molar-refractivity contribution in [1.82, 2.24) is 0 Å². The van der Waals surface area contributed by atoms with E-state index in [-0.39, 0.29) is 22.9 Å². The van der Waals surface area contributed by atoms with Crippen molar-refractivity contribution in [3.05, 3.63) is 64.4 Å². The molecule has 0 fully saturated rings. The first-order valence-electron chi connectivity index (χ1n) is 8.22. The molecule has 1 N–H and O–H groups in total. The number of esters is 1. The van der Waals surface area contributed by atoms with E-state index in [0.717, 1.165) is 11.5 Å². The molecule has 0 spiro atoms. The number of furan rings is 1. The predicted octanol–water partition coefficient (Wildman–Crippen LogP) is 3.53. The molecule has 9 nitrogen and oxygen atoms in total. The monoisotopic (exact) mass is 384 g/mol. The molecule has 1 atom stereocenters. The Bertz CT molecular complexity index is 1020. The lowest BCUT2D eigenvalue weighted by atomic mass is 10.2. The lowest BCUT2D eigenvalue weighted by molar-refractivity contribution is -0.384. The number of benzene rings is 2. The maximum absolute atomic E-state index is 12.4. The van der Waals surface area contributed by atoms with Crippen LogP contribution < -0.4 is 10.1 Å². The molecule has 1 amide bonds. The molecule has 0 saturated heterocycles. The predicted molar refractivity (Wildman–Crippen MR) is 99.4 cm³/mol. The van der Waals surface area contributed by atoms with Gasteiger partial charge in [0.15, 0.2) is 6.10 Å². The number of nitrogens with zero attached hydrogens (tertiary/aromatic N) is 1. The van der Waals surface area contributed by atoms with Crippen LogP contribution in [0.1, 0.15) is 17.5 Å². The zero-order valence-corrected chi connectivity index (χ0v) is 15.0. The van der Waals surface area contributed by atoms with Gasteiger partial charge in [-0.2, -0.15) is 0 Å². The normalized spacial score (nSPS) is 11.6. The van der Waals surface area contributed by atoms with E-state index in [9.17, 15) is 19.7 Å². The number of non-ortho nitro benzene ring substituents is 1. The maximum atomic E-state index is 12.4. The Morgan fingerprint density at radius 3 is 2.61 bits per heavy atom. The van der Waals surface area contributed by atoms with Crippen LogP contribution >= 0.6 is 0 Å². The summed E-state index contributed by atoms with van der Waals surface area (Å²) in [5.74, 6) is -1.28. The Kier molecular flexibility index (Phi) is 5.25. The van der Waals surface area contributed by atoms with Gasteiger partial charge in [0.25, 0.3) is 11.6 Å². The van der Waals surface area contributed by atoms with Gasteiger partial charge in [0.1, 0.15) is 11.3 Å². The Morgan fingerprint density at radius 1 is 1.18 bits per heavy atom. The molecular formula is C19H16N2O7. The van der Waals surface area contributed by atoms with Crippen LogP contribution in [0.4, 0.5) is 11.4 Å². The number of carbonyl (C=O) groups is 2. The number of fused-ring (bicyclic) bond motifs is 1. The third-order valence-corrected chi connectivity index (χ3v) is 3.93. The van der Waals surface area contributed by atoms with Crippen molar-refractivity contribution in [2.75, 3.05) is 12.4 Å². The number of rotatable bonds is 6. The van der Waals surface area contributed by atoms with Gasteiger partial charge in [-0.3, -0.25) is 14.9 Å². The standard InChI is InChI=1S/C19H16N2O7/c1-11(27-19(23)17-9-12-5-3-4-6-15(12)28-17)18(22)20-14-10-13(21(24)25)7-8-16(14)26-2/h3-11H,1-2H3,(H,20,22)/t11-/m0/s1. The second-order valence-corrected chi connectivity index (χ2v) is 5.83. The number of para-hydroxylation sites is 1. The second kappa shape index (κ2) is 7.78. The topological polar surface area (TPSA) is 121 Å². The second-order valence-electron chi connectivity index (χ2n) is 5.83. The Hall–Kier alpha value is -3.88. The lowest BCUT2D eigenvalue weighted by Gasteiger charge is -2.14. The number of nitro benzene ring substituents is 1. The number of nitrogens with one attached hydrogen (secondary N) is 1. The van der Waals surface area contributed by atoms with Gasteiger partial charge in [0.05, 0.1) is 17.7 Å². The summed E-state index contributed by atoms with van der Waals surface area (Å²) in [6, 6.07) is 12.3. The largest absolute Gasteiger partial charge is 0.495 e. The molecule has 0 saturated carbocycles. The smallest absolute Gasteiger partial charge is 0.375 e. The minimum absolute atomic E-state index is 0.0335. The Balaban J connectivity index is 1.71. The first-order chi connectivity index (χ1) is 13.4. The highest BCUT2D eigenvalue weighted by molar-refractivity contribution is 5.98. The summed E-state index contributed by atoms with van der Waals surface area (Å²) in [4.78, 5) is 34.9. The summed E-state index contributed by atoms with van der Waals surface area (Å²) in [5.41, 5.74) is 0.393. The molecule has 3 aromatic rings. The molecule has 3 rings (SSSR count). The van der Waals surface area contributed by atoms with E-state index in [1.54, 1.807) is 24.3 Å². The molecule has 0 bridgehead atoms. The molecule has 0 radical (unpaired) electrons. The maximum Gasteiger partial charge on any atom is 0.375 e. The van der Waals surface area contributed by atoms with Crippen LogP contribution in [0.5, 0.6) is 5.75 Å². The van der Waals surface area contributed by atoms with Gasteiger partial charge in [0.2, 0.25) is 5.76 Å².